The van der Waals surface area contributed by atoms with Crippen molar-refractivity contribution in [3.8, 4) is 0 Å². The molecular weight excluding hydrogens is 454 g/mol. The van der Waals surface area contributed by atoms with E-state index in [4.69, 9.17) is 4.74 Å². The fourth-order valence-corrected chi connectivity index (χ4v) is 5.38. The van der Waals surface area contributed by atoms with Gasteiger partial charge >= 0.3 is 0 Å². The monoisotopic (exact) mass is 487 g/mol. The van der Waals surface area contributed by atoms with E-state index in [-0.39, 0.29) is 30.0 Å². The Morgan fingerprint density at radius 3 is 2.35 bits per heavy atom. The molecule has 0 saturated carbocycles. The second-order valence-electron chi connectivity index (χ2n) is 8.82. The lowest BCUT2D eigenvalue weighted by molar-refractivity contribution is -0.124. The summed E-state index contributed by atoms with van der Waals surface area (Å²) in [5.41, 5.74) is 2.82. The van der Waals surface area contributed by atoms with Crippen LogP contribution in [0.2, 0.25) is 0 Å². The Hall–Kier alpha value is -2.75. The van der Waals surface area contributed by atoms with Gasteiger partial charge in [-0.05, 0) is 36.1 Å². The van der Waals surface area contributed by atoms with Gasteiger partial charge in [-0.2, -0.15) is 4.31 Å². The van der Waals surface area contributed by atoms with Crippen LogP contribution in [-0.2, 0) is 31.9 Å². The molecule has 2 amide bonds. The number of ether oxygens (including phenoxy) is 1. The minimum atomic E-state index is -3.49. The van der Waals surface area contributed by atoms with Gasteiger partial charge < -0.3 is 15.4 Å². The maximum absolute atomic E-state index is 13.0. The summed E-state index contributed by atoms with van der Waals surface area (Å²) in [6, 6.07) is 13.6. The second-order valence-corrected chi connectivity index (χ2v) is 10.8. The quantitative estimate of drug-likeness (QED) is 0.564. The highest BCUT2D eigenvalue weighted by molar-refractivity contribution is 7.88. The molecule has 0 radical (unpaired) electrons. The normalized spacial score (nSPS) is 15.6. The third kappa shape index (κ3) is 6.88. The van der Waals surface area contributed by atoms with Crippen molar-refractivity contribution in [3.05, 3.63) is 70.8 Å². The number of carbonyl (C=O) groups is 2. The van der Waals surface area contributed by atoms with E-state index in [2.05, 4.69) is 10.6 Å². The summed E-state index contributed by atoms with van der Waals surface area (Å²) >= 11 is 0. The van der Waals surface area contributed by atoms with Crippen LogP contribution in [-0.4, -0.2) is 56.9 Å². The predicted octanol–water partition coefficient (Wildman–Crippen LogP) is 2.23. The molecule has 1 fully saturated rings. The van der Waals surface area contributed by atoms with Crippen molar-refractivity contribution in [1.29, 1.82) is 0 Å². The average molecular weight is 488 g/mol. The number of aryl methyl sites for hydroxylation is 1. The number of nitrogens with zero attached hydrogens (tertiary/aromatic N) is 1. The van der Waals surface area contributed by atoms with Gasteiger partial charge in [-0.15, -0.1) is 0 Å². The first-order valence-electron chi connectivity index (χ1n) is 11.4. The summed E-state index contributed by atoms with van der Waals surface area (Å²) in [5.74, 6) is -0.904. The van der Waals surface area contributed by atoms with Crippen LogP contribution in [0.5, 0.6) is 0 Å². The Bertz CT molecular complexity index is 1110. The van der Waals surface area contributed by atoms with E-state index in [1.54, 1.807) is 36.4 Å². The summed E-state index contributed by atoms with van der Waals surface area (Å²) in [6.45, 7) is 7.27. The number of nitrogens with one attached hydrogen (secondary N) is 2. The molecule has 2 N–H and O–H groups in total. The average Bonchev–Trinajstić information content (AvgIpc) is 2.81. The number of amides is 2. The van der Waals surface area contributed by atoms with Crippen LogP contribution in [0.25, 0.3) is 0 Å². The van der Waals surface area contributed by atoms with Gasteiger partial charge in [0.1, 0.15) is 6.04 Å². The zero-order valence-electron chi connectivity index (χ0n) is 19.9. The van der Waals surface area contributed by atoms with E-state index in [1.807, 2.05) is 32.9 Å². The molecule has 2 aromatic rings. The molecule has 1 aliphatic rings. The molecule has 0 spiro atoms. The van der Waals surface area contributed by atoms with Crippen LogP contribution in [0.3, 0.4) is 0 Å². The minimum absolute atomic E-state index is 0.134. The highest BCUT2D eigenvalue weighted by Gasteiger charge is 2.27. The van der Waals surface area contributed by atoms with Gasteiger partial charge in [0.25, 0.3) is 5.91 Å². The predicted molar refractivity (Wildman–Crippen MR) is 131 cm³/mol. The van der Waals surface area contributed by atoms with E-state index < -0.39 is 16.1 Å². The van der Waals surface area contributed by atoms with Gasteiger partial charge in [0, 0.05) is 25.2 Å². The number of morpholine rings is 1. The first-order chi connectivity index (χ1) is 16.2. The Balaban J connectivity index is 1.66. The molecule has 8 nitrogen and oxygen atoms in total. The number of rotatable bonds is 9. The Labute approximate surface area is 201 Å². The van der Waals surface area contributed by atoms with E-state index >= 15 is 0 Å². The molecule has 0 aliphatic carbocycles. The van der Waals surface area contributed by atoms with Crippen LogP contribution in [0.1, 0.15) is 40.9 Å². The topological polar surface area (TPSA) is 105 Å². The highest BCUT2D eigenvalue weighted by atomic mass is 32.2. The van der Waals surface area contributed by atoms with Crippen molar-refractivity contribution >= 4 is 21.8 Å². The lowest BCUT2D eigenvalue weighted by atomic mass is 10.0. The van der Waals surface area contributed by atoms with Gasteiger partial charge in [-0.1, -0.05) is 55.8 Å². The zero-order valence-corrected chi connectivity index (χ0v) is 20.7. The van der Waals surface area contributed by atoms with Crippen molar-refractivity contribution in [2.75, 3.05) is 26.3 Å². The molecule has 0 bridgehead atoms. The number of carbonyl (C=O) groups excluding carboxylic acids is 2. The molecule has 1 heterocycles. The van der Waals surface area contributed by atoms with Crippen LogP contribution >= 0.6 is 0 Å². The third-order valence-corrected chi connectivity index (χ3v) is 7.62. The summed E-state index contributed by atoms with van der Waals surface area (Å²) < 4.78 is 32.4. The molecule has 1 aliphatic heterocycles. The lowest BCUT2D eigenvalue weighted by Gasteiger charge is -2.26. The lowest BCUT2D eigenvalue weighted by Crippen LogP contribution is -2.49. The number of benzene rings is 2. The van der Waals surface area contributed by atoms with Gasteiger partial charge in [-0.25, -0.2) is 8.42 Å². The zero-order chi connectivity index (χ0) is 24.7. The van der Waals surface area contributed by atoms with Crippen LogP contribution in [0, 0.1) is 12.8 Å². The minimum Gasteiger partial charge on any atom is -0.379 e. The van der Waals surface area contributed by atoms with E-state index in [1.165, 1.54) is 4.31 Å². The third-order valence-electron chi connectivity index (χ3n) is 5.79. The van der Waals surface area contributed by atoms with Crippen molar-refractivity contribution in [2.45, 2.75) is 39.1 Å². The van der Waals surface area contributed by atoms with Crippen LogP contribution < -0.4 is 10.6 Å². The molecular formula is C25H33N3O5S. The summed E-state index contributed by atoms with van der Waals surface area (Å²) in [5, 5.41) is 5.70. The summed E-state index contributed by atoms with van der Waals surface area (Å²) in [4.78, 5) is 25.6. The summed E-state index contributed by atoms with van der Waals surface area (Å²) in [6.07, 6.45) is 0. The molecule has 0 unspecified atom stereocenters. The molecule has 1 saturated heterocycles. The number of sulfonamides is 1. The Morgan fingerprint density at radius 2 is 1.71 bits per heavy atom. The second kappa shape index (κ2) is 11.6. The fourth-order valence-electron chi connectivity index (χ4n) is 3.82. The molecule has 9 heteroatoms. The van der Waals surface area contributed by atoms with E-state index in [0.717, 1.165) is 11.1 Å². The molecule has 34 heavy (non-hydrogen) atoms. The van der Waals surface area contributed by atoms with Gasteiger partial charge in [-0.3, -0.25) is 9.59 Å². The largest absolute Gasteiger partial charge is 0.379 e. The van der Waals surface area contributed by atoms with Gasteiger partial charge in [0.05, 0.1) is 19.0 Å². The van der Waals surface area contributed by atoms with Crippen molar-refractivity contribution in [2.24, 2.45) is 5.92 Å². The molecule has 1 atom stereocenters. The maximum atomic E-state index is 13.0. The molecule has 184 valence electrons. The molecule has 0 aromatic heterocycles. The SMILES string of the molecule is Cc1cccc(C(=O)N[C@H](C(=O)NCc2ccccc2CS(=O)(=O)N2CCOCC2)C(C)C)c1. The Kier molecular flexibility index (Phi) is 8.82. The van der Waals surface area contributed by atoms with Crippen LogP contribution in [0.15, 0.2) is 48.5 Å². The number of hydrogen-bond donors (Lipinski definition) is 2. The fraction of sp³-hybridized carbons (Fsp3) is 0.440. The first kappa shape index (κ1) is 25.9. The molecule has 2 aromatic carbocycles. The van der Waals surface area contributed by atoms with E-state index in [0.29, 0.717) is 37.4 Å². The van der Waals surface area contributed by atoms with Crippen LogP contribution in [0.4, 0.5) is 0 Å². The highest BCUT2D eigenvalue weighted by Crippen LogP contribution is 2.17. The van der Waals surface area contributed by atoms with Crippen molar-refractivity contribution < 1.29 is 22.7 Å². The van der Waals surface area contributed by atoms with Crippen molar-refractivity contribution in [3.63, 3.8) is 0 Å². The summed E-state index contributed by atoms with van der Waals surface area (Å²) in [7, 11) is -3.49. The molecule has 3 rings (SSSR count). The standard InChI is InChI=1S/C25H33N3O5S/c1-18(2)23(27-24(29)20-10-6-7-19(3)15-20)25(30)26-16-21-8-4-5-9-22(21)17-34(31,32)28-11-13-33-14-12-28/h4-10,15,18,23H,11-14,16-17H2,1-3H3,(H,26,30)(H,27,29)/t23-/m0/s1. The maximum Gasteiger partial charge on any atom is 0.251 e. The Morgan fingerprint density at radius 1 is 1.03 bits per heavy atom. The van der Waals surface area contributed by atoms with Gasteiger partial charge in [0.15, 0.2) is 0 Å². The van der Waals surface area contributed by atoms with Crippen molar-refractivity contribution in [1.82, 2.24) is 14.9 Å². The van der Waals surface area contributed by atoms with Gasteiger partial charge in [0.2, 0.25) is 15.9 Å². The first-order valence-corrected chi connectivity index (χ1v) is 13.1. The van der Waals surface area contributed by atoms with E-state index in [9.17, 15) is 18.0 Å². The smallest absolute Gasteiger partial charge is 0.251 e. The number of hydrogen-bond acceptors (Lipinski definition) is 5.